The van der Waals surface area contributed by atoms with Gasteiger partial charge in [-0.3, -0.25) is 4.79 Å². The number of anilines is 1. The van der Waals surface area contributed by atoms with Crippen LogP contribution in [0.5, 0.6) is 0 Å². The van der Waals surface area contributed by atoms with Crippen LogP contribution < -0.4 is 16.4 Å². The molecule has 1 aliphatic heterocycles. The third-order valence-electron chi connectivity index (χ3n) is 5.07. The topological polar surface area (TPSA) is 220 Å². The number of aromatic nitrogens is 6. The quantitative estimate of drug-likeness (QED) is 0.187. The first kappa shape index (κ1) is 21.1. The minimum absolute atomic E-state index is 0.194. The molecule has 0 aromatic carbocycles. The number of aliphatic hydroxyl groups excluding tert-OH is 3. The van der Waals surface area contributed by atoms with Crippen LogP contribution in [0.25, 0.3) is 11.2 Å². The normalized spacial score (nSPS) is 27.2. The molecule has 1 amide bonds. The largest absolute Gasteiger partial charge is 0.394 e. The lowest BCUT2D eigenvalue weighted by atomic mass is 9.95. The van der Waals surface area contributed by atoms with Gasteiger partial charge in [-0.2, -0.15) is 0 Å². The third kappa shape index (κ3) is 4.33. The number of aliphatic hydroxyl groups is 3. The molecule has 1 aliphatic rings. The second kappa shape index (κ2) is 8.91. The highest BCUT2D eigenvalue weighted by Gasteiger charge is 2.45. The molecule has 1 saturated heterocycles. The summed E-state index contributed by atoms with van der Waals surface area (Å²) in [5.41, 5.74) is 7.47. The second-order valence-electron chi connectivity index (χ2n) is 7.15. The van der Waals surface area contributed by atoms with Crippen LogP contribution in [-0.2, 0) is 16.0 Å². The van der Waals surface area contributed by atoms with Crippen LogP contribution in [0.15, 0.2) is 25.2 Å². The van der Waals surface area contributed by atoms with E-state index in [1.807, 2.05) is 0 Å². The van der Waals surface area contributed by atoms with Crippen LogP contribution in [0.4, 0.5) is 5.82 Å². The third-order valence-corrected chi connectivity index (χ3v) is 5.07. The molecule has 166 valence electrons. The molecule has 3 aromatic heterocycles. The fourth-order valence-corrected chi connectivity index (χ4v) is 3.43. The van der Waals surface area contributed by atoms with Crippen LogP contribution in [0, 0.1) is 0 Å². The van der Waals surface area contributed by atoms with Gasteiger partial charge in [0.05, 0.1) is 31.3 Å². The lowest BCUT2D eigenvalue weighted by Crippen LogP contribution is -2.67. The van der Waals surface area contributed by atoms with Gasteiger partial charge in [0.1, 0.15) is 30.2 Å². The van der Waals surface area contributed by atoms with E-state index in [1.54, 1.807) is 6.20 Å². The number of hydrogen-bond donors (Lipinski definition) is 8. The van der Waals surface area contributed by atoms with Crippen LogP contribution in [0.3, 0.4) is 0 Å². The van der Waals surface area contributed by atoms with E-state index in [4.69, 9.17) is 10.5 Å². The molecule has 9 N–H and O–H groups in total. The van der Waals surface area contributed by atoms with Crippen LogP contribution in [0.2, 0.25) is 0 Å². The van der Waals surface area contributed by atoms with Crippen molar-refractivity contribution in [2.24, 2.45) is 5.73 Å². The first-order valence-corrected chi connectivity index (χ1v) is 9.54. The number of ether oxygens (including phenoxy) is 1. The molecule has 1 fully saturated rings. The molecule has 0 unspecified atom stereocenters. The summed E-state index contributed by atoms with van der Waals surface area (Å²) in [6.07, 6.45) is 0.885. The number of fused-ring (bicyclic) bond motifs is 1. The van der Waals surface area contributed by atoms with Crippen molar-refractivity contribution in [1.82, 2.24) is 35.2 Å². The van der Waals surface area contributed by atoms with Crippen molar-refractivity contribution in [3.63, 3.8) is 0 Å². The molecule has 0 aliphatic carbocycles. The average molecular weight is 433 g/mol. The Kier molecular flexibility index (Phi) is 6.06. The van der Waals surface area contributed by atoms with E-state index in [2.05, 4.69) is 40.5 Å². The number of aromatic amines is 2. The number of nitrogens with zero attached hydrogens (tertiary/aromatic N) is 4. The van der Waals surface area contributed by atoms with Gasteiger partial charge in [0.25, 0.3) is 0 Å². The fourth-order valence-electron chi connectivity index (χ4n) is 3.43. The molecule has 3 aromatic rings. The summed E-state index contributed by atoms with van der Waals surface area (Å²) in [6.45, 7) is -0.522. The van der Waals surface area contributed by atoms with Gasteiger partial charge in [-0.1, -0.05) is 0 Å². The van der Waals surface area contributed by atoms with Crippen LogP contribution >= 0.6 is 0 Å². The van der Waals surface area contributed by atoms with Crippen LogP contribution in [0.1, 0.15) is 5.69 Å². The number of carbonyl (C=O) groups is 1. The molecule has 0 spiro atoms. The van der Waals surface area contributed by atoms with Crippen molar-refractivity contribution in [2.45, 2.75) is 43.0 Å². The summed E-state index contributed by atoms with van der Waals surface area (Å²) in [6, 6.07) is -2.02. The minimum Gasteiger partial charge on any atom is -0.394 e. The van der Waals surface area contributed by atoms with Crippen molar-refractivity contribution >= 4 is 22.9 Å². The summed E-state index contributed by atoms with van der Waals surface area (Å²) in [7, 11) is 0. The zero-order valence-corrected chi connectivity index (χ0v) is 16.2. The molecule has 31 heavy (non-hydrogen) atoms. The molecule has 0 radical (unpaired) electrons. The second-order valence-corrected chi connectivity index (χ2v) is 7.15. The average Bonchev–Trinajstić information content (AvgIpc) is 3.45. The van der Waals surface area contributed by atoms with Gasteiger partial charge in [-0.05, 0) is 0 Å². The van der Waals surface area contributed by atoms with E-state index < -0.39 is 49.1 Å². The monoisotopic (exact) mass is 433 g/mol. The number of nitrogens with one attached hydrogen (secondary N) is 4. The van der Waals surface area contributed by atoms with E-state index in [1.165, 1.54) is 19.0 Å². The molecule has 4 rings (SSSR count). The van der Waals surface area contributed by atoms with Gasteiger partial charge in [0.2, 0.25) is 5.91 Å². The Morgan fingerprint density at radius 2 is 2.06 bits per heavy atom. The van der Waals surface area contributed by atoms with Crippen molar-refractivity contribution in [3.05, 3.63) is 30.9 Å². The Balaban J connectivity index is 1.44. The number of hydrogen-bond acceptors (Lipinski definition) is 11. The summed E-state index contributed by atoms with van der Waals surface area (Å²) in [5, 5.41) is 36.4. The Bertz CT molecular complexity index is 1010. The standard InChI is InChI=1S/C17H23N9O5/c18-8(1-7-2-19-4-20-7)16(30)25-10-9(3-27)31-17(13(29)12(10)28)26-15-11-14(22-5-21-11)23-6-24-15/h2,4-6,8-10,12-13,17,27-29H,1,3,18H2,(H,19,20)(H,25,30)(H2,21,22,23,24,26)/t8-,9-,10-,12+,13-,17-/m0/s1. The Morgan fingerprint density at radius 1 is 1.23 bits per heavy atom. The van der Waals surface area contributed by atoms with Gasteiger partial charge in [0, 0.05) is 18.3 Å². The van der Waals surface area contributed by atoms with Crippen molar-refractivity contribution in [3.8, 4) is 0 Å². The fraction of sp³-hybridized carbons (Fsp3) is 0.471. The number of rotatable bonds is 7. The molecule has 6 atom stereocenters. The van der Waals surface area contributed by atoms with Crippen molar-refractivity contribution in [1.29, 1.82) is 0 Å². The van der Waals surface area contributed by atoms with Gasteiger partial charge in [-0.25, -0.2) is 19.9 Å². The van der Waals surface area contributed by atoms with Gasteiger partial charge in [0.15, 0.2) is 17.7 Å². The Hall–Kier alpha value is -3.17. The van der Waals surface area contributed by atoms with Crippen LogP contribution in [-0.4, -0.2) is 94.4 Å². The van der Waals surface area contributed by atoms with Crippen molar-refractivity contribution < 1.29 is 24.9 Å². The predicted octanol–water partition coefficient (Wildman–Crippen LogP) is -3.02. The SMILES string of the molecule is N[C@@H](Cc1cnc[nH]1)C(=O)N[C@@H]1[C@@H](O)[C@H](O)[C@@H](Nc2ncnc3nc[nH]c23)O[C@H]1CO. The molecular formula is C17H23N9O5. The Morgan fingerprint density at radius 3 is 2.81 bits per heavy atom. The minimum atomic E-state index is -1.45. The van der Waals surface area contributed by atoms with Crippen molar-refractivity contribution in [2.75, 3.05) is 11.9 Å². The van der Waals surface area contributed by atoms with Gasteiger partial charge < -0.3 is 46.4 Å². The maximum Gasteiger partial charge on any atom is 0.237 e. The summed E-state index contributed by atoms with van der Waals surface area (Å²) in [4.78, 5) is 34.2. The first-order valence-electron chi connectivity index (χ1n) is 9.54. The highest BCUT2D eigenvalue weighted by molar-refractivity contribution is 5.82. The Labute approximate surface area is 175 Å². The van der Waals surface area contributed by atoms with E-state index >= 15 is 0 Å². The zero-order chi connectivity index (χ0) is 22.0. The maximum atomic E-state index is 12.5. The lowest BCUT2D eigenvalue weighted by Gasteiger charge is -2.43. The summed E-state index contributed by atoms with van der Waals surface area (Å²) >= 11 is 0. The maximum absolute atomic E-state index is 12.5. The number of nitrogens with two attached hydrogens (primary N) is 1. The smallest absolute Gasteiger partial charge is 0.237 e. The molecule has 14 nitrogen and oxygen atoms in total. The van der Waals surface area contributed by atoms with Gasteiger partial charge >= 0.3 is 0 Å². The summed E-state index contributed by atoms with van der Waals surface area (Å²) < 4.78 is 5.71. The lowest BCUT2D eigenvalue weighted by molar-refractivity contribution is -0.185. The number of H-pyrrole nitrogens is 2. The first-order chi connectivity index (χ1) is 15.0. The summed E-state index contributed by atoms with van der Waals surface area (Å²) in [5.74, 6) is -0.284. The molecule has 0 bridgehead atoms. The zero-order valence-electron chi connectivity index (χ0n) is 16.2. The molecule has 14 heteroatoms. The number of amides is 1. The highest BCUT2D eigenvalue weighted by atomic mass is 16.5. The van der Waals surface area contributed by atoms with E-state index in [-0.39, 0.29) is 6.42 Å². The molecular weight excluding hydrogens is 410 g/mol. The number of carbonyl (C=O) groups excluding carboxylic acids is 1. The number of imidazole rings is 2. The highest BCUT2D eigenvalue weighted by Crippen LogP contribution is 2.24. The predicted molar refractivity (Wildman–Crippen MR) is 105 cm³/mol. The molecule has 4 heterocycles. The van der Waals surface area contributed by atoms with E-state index in [9.17, 15) is 20.1 Å². The van der Waals surface area contributed by atoms with E-state index in [0.717, 1.165) is 0 Å². The van der Waals surface area contributed by atoms with E-state index in [0.29, 0.717) is 22.7 Å². The van der Waals surface area contributed by atoms with Gasteiger partial charge in [-0.15, -0.1) is 0 Å². The molecule has 0 saturated carbocycles.